The van der Waals surface area contributed by atoms with E-state index < -0.39 is 11.9 Å². The molecular weight excluding hydrogens is 424 g/mol. The number of carbonyl (C=O) groups excluding carboxylic acids is 1. The molecule has 0 saturated carbocycles. The smallest absolute Gasteiger partial charge is 0.414 e. The van der Waals surface area contributed by atoms with Crippen LogP contribution >= 0.6 is 0 Å². The summed E-state index contributed by atoms with van der Waals surface area (Å²) in [7, 11) is 0. The topological polar surface area (TPSA) is 107 Å². The zero-order chi connectivity index (χ0) is 23.4. The van der Waals surface area contributed by atoms with Gasteiger partial charge < -0.3 is 14.9 Å². The van der Waals surface area contributed by atoms with E-state index in [-0.39, 0.29) is 18.2 Å². The van der Waals surface area contributed by atoms with Gasteiger partial charge in [-0.15, -0.1) is 0 Å². The van der Waals surface area contributed by atoms with Gasteiger partial charge in [-0.3, -0.25) is 9.80 Å². The molecule has 0 aromatic heterocycles. The molecule has 2 aromatic carbocycles. The monoisotopic (exact) mass is 452 g/mol. The number of benzene rings is 2. The van der Waals surface area contributed by atoms with E-state index in [1.54, 1.807) is 0 Å². The highest BCUT2D eigenvalue weighted by atomic mass is 16.6. The van der Waals surface area contributed by atoms with Gasteiger partial charge in [0.05, 0.1) is 6.04 Å². The Morgan fingerprint density at radius 2 is 1.48 bits per heavy atom. The van der Waals surface area contributed by atoms with Crippen LogP contribution in [0, 0.1) is 5.92 Å². The normalized spacial score (nSPS) is 25.3. The van der Waals surface area contributed by atoms with Crippen LogP contribution in [0.4, 0.5) is 4.79 Å². The lowest BCUT2D eigenvalue weighted by Gasteiger charge is -2.45. The zero-order valence-corrected chi connectivity index (χ0v) is 18.3. The van der Waals surface area contributed by atoms with Crippen molar-refractivity contribution in [3.8, 4) is 0 Å². The molecule has 0 radical (unpaired) electrons. The number of carbonyl (C=O) groups is 3. The minimum atomic E-state index is -1.82. The average molecular weight is 453 g/mol. The number of rotatable bonds is 2. The van der Waals surface area contributed by atoms with Gasteiger partial charge in [0.2, 0.25) is 0 Å². The van der Waals surface area contributed by atoms with Crippen LogP contribution in [0.5, 0.6) is 0 Å². The van der Waals surface area contributed by atoms with Crippen molar-refractivity contribution in [2.24, 2.45) is 5.92 Å². The van der Waals surface area contributed by atoms with Crippen LogP contribution in [0.3, 0.4) is 0 Å². The van der Waals surface area contributed by atoms with E-state index in [4.69, 9.17) is 24.5 Å². The third-order valence-electron chi connectivity index (χ3n) is 6.66. The Morgan fingerprint density at radius 3 is 2.09 bits per heavy atom. The van der Waals surface area contributed by atoms with Gasteiger partial charge in [0.15, 0.2) is 0 Å². The molecule has 0 spiro atoms. The van der Waals surface area contributed by atoms with Gasteiger partial charge >= 0.3 is 18.0 Å². The number of ether oxygens (including phenoxy) is 1. The van der Waals surface area contributed by atoms with E-state index in [9.17, 15) is 4.79 Å². The SMILES string of the molecule is O=C(O)C(=O)O.O=C(O[C@H]1CN2CCC1CC2)N1CCc2ccccc2[C@@H]1c1ccccc1. The molecule has 2 bridgehead atoms. The largest absolute Gasteiger partial charge is 0.473 e. The Morgan fingerprint density at radius 1 is 0.848 bits per heavy atom. The van der Waals surface area contributed by atoms with E-state index in [0.29, 0.717) is 12.5 Å². The standard InChI is InChI=1S/C23H26N2O2.C2H2O4/c26-23(27-21-16-24-13-10-18(21)11-14-24)25-15-12-17-6-4-5-9-20(17)22(25)19-7-2-1-3-8-19;3-1(4)2(5)6/h1-9,18,21-22H,10-16H2;(H,3,4)(H,5,6)/t21-,22-;/m0./s1. The van der Waals surface area contributed by atoms with Crippen molar-refractivity contribution >= 4 is 18.0 Å². The number of piperidine rings is 3. The molecule has 6 rings (SSSR count). The first-order valence-corrected chi connectivity index (χ1v) is 11.2. The first kappa shape index (κ1) is 22.8. The summed E-state index contributed by atoms with van der Waals surface area (Å²) in [6.07, 6.45) is 3.09. The third kappa shape index (κ3) is 5.17. The number of hydrogen-bond donors (Lipinski definition) is 2. The maximum Gasteiger partial charge on any atom is 0.414 e. The number of carboxylic acids is 2. The second-order valence-electron chi connectivity index (χ2n) is 8.63. The molecule has 8 heteroatoms. The van der Waals surface area contributed by atoms with Crippen molar-refractivity contribution in [3.05, 3.63) is 71.3 Å². The maximum absolute atomic E-state index is 13.2. The summed E-state index contributed by atoms with van der Waals surface area (Å²) >= 11 is 0. The second-order valence-corrected chi connectivity index (χ2v) is 8.63. The molecule has 3 saturated heterocycles. The molecule has 4 aliphatic rings. The fourth-order valence-corrected chi connectivity index (χ4v) is 5.00. The highest BCUT2D eigenvalue weighted by molar-refractivity contribution is 6.27. The van der Waals surface area contributed by atoms with Gasteiger partial charge in [0, 0.05) is 13.1 Å². The van der Waals surface area contributed by atoms with Crippen LogP contribution in [-0.2, 0) is 20.7 Å². The highest BCUT2D eigenvalue weighted by Crippen LogP contribution is 2.36. The summed E-state index contributed by atoms with van der Waals surface area (Å²) in [5.41, 5.74) is 3.70. The quantitative estimate of drug-likeness (QED) is 0.675. The molecule has 0 unspecified atom stereocenters. The number of carboxylic acid groups (broad SMARTS) is 2. The molecule has 4 aliphatic heterocycles. The average Bonchev–Trinajstić information content (AvgIpc) is 2.85. The number of aliphatic carboxylic acids is 2. The fourth-order valence-electron chi connectivity index (χ4n) is 5.00. The minimum Gasteiger partial charge on any atom is -0.473 e. The van der Waals surface area contributed by atoms with Crippen molar-refractivity contribution in [1.82, 2.24) is 9.80 Å². The van der Waals surface area contributed by atoms with Crippen molar-refractivity contribution in [2.45, 2.75) is 31.4 Å². The number of nitrogens with zero attached hydrogens (tertiary/aromatic N) is 2. The van der Waals surface area contributed by atoms with Gasteiger partial charge in [-0.2, -0.15) is 0 Å². The predicted molar refractivity (Wildman–Crippen MR) is 120 cm³/mol. The maximum atomic E-state index is 13.2. The molecule has 0 aliphatic carbocycles. The number of fused-ring (bicyclic) bond motifs is 4. The number of hydrogen-bond acceptors (Lipinski definition) is 5. The molecule has 2 atom stereocenters. The van der Waals surface area contributed by atoms with Gasteiger partial charge in [-0.05, 0) is 55.0 Å². The second kappa shape index (κ2) is 10.0. The lowest BCUT2D eigenvalue weighted by Crippen LogP contribution is -2.53. The van der Waals surface area contributed by atoms with Gasteiger partial charge in [0.25, 0.3) is 0 Å². The lowest BCUT2D eigenvalue weighted by molar-refractivity contribution is -0.159. The van der Waals surface area contributed by atoms with E-state index in [0.717, 1.165) is 44.5 Å². The zero-order valence-electron chi connectivity index (χ0n) is 18.3. The van der Waals surface area contributed by atoms with Crippen molar-refractivity contribution < 1.29 is 29.3 Å². The van der Waals surface area contributed by atoms with Crippen LogP contribution in [0.2, 0.25) is 0 Å². The summed E-state index contributed by atoms with van der Waals surface area (Å²) in [4.78, 5) is 35.8. The van der Waals surface area contributed by atoms with Crippen molar-refractivity contribution in [3.63, 3.8) is 0 Å². The first-order chi connectivity index (χ1) is 15.9. The Labute approximate surface area is 192 Å². The molecular formula is C25H28N2O6. The summed E-state index contributed by atoms with van der Waals surface area (Å²) < 4.78 is 6.08. The van der Waals surface area contributed by atoms with Crippen LogP contribution in [0.25, 0.3) is 0 Å². The first-order valence-electron chi connectivity index (χ1n) is 11.2. The molecule has 33 heavy (non-hydrogen) atoms. The Kier molecular flexibility index (Phi) is 6.93. The molecule has 2 N–H and O–H groups in total. The van der Waals surface area contributed by atoms with Crippen LogP contribution in [0.1, 0.15) is 35.6 Å². The summed E-state index contributed by atoms with van der Waals surface area (Å²) in [5, 5.41) is 14.8. The van der Waals surface area contributed by atoms with Crippen LogP contribution in [-0.4, -0.2) is 70.3 Å². The Balaban J connectivity index is 0.000000385. The van der Waals surface area contributed by atoms with Crippen LogP contribution in [0.15, 0.2) is 54.6 Å². The van der Waals surface area contributed by atoms with E-state index in [1.807, 2.05) is 23.1 Å². The van der Waals surface area contributed by atoms with Gasteiger partial charge in [-0.1, -0.05) is 54.6 Å². The highest BCUT2D eigenvalue weighted by Gasteiger charge is 2.39. The Bertz CT molecular complexity index is 991. The summed E-state index contributed by atoms with van der Waals surface area (Å²) in [6, 6.07) is 18.8. The molecule has 2 aromatic rings. The van der Waals surface area contributed by atoms with Crippen LogP contribution < -0.4 is 0 Å². The molecule has 1 amide bonds. The van der Waals surface area contributed by atoms with Gasteiger partial charge in [0.1, 0.15) is 6.10 Å². The molecule has 8 nitrogen and oxygen atoms in total. The molecule has 174 valence electrons. The minimum absolute atomic E-state index is 0.0496. The van der Waals surface area contributed by atoms with Crippen molar-refractivity contribution in [1.29, 1.82) is 0 Å². The predicted octanol–water partition coefficient (Wildman–Crippen LogP) is 3.02. The third-order valence-corrected chi connectivity index (χ3v) is 6.66. The Hall–Kier alpha value is -3.39. The summed E-state index contributed by atoms with van der Waals surface area (Å²) in [5.74, 6) is -3.11. The summed E-state index contributed by atoms with van der Waals surface area (Å²) in [6.45, 7) is 3.91. The van der Waals surface area contributed by atoms with E-state index in [1.165, 1.54) is 11.1 Å². The van der Waals surface area contributed by atoms with Crippen molar-refractivity contribution in [2.75, 3.05) is 26.2 Å². The number of amides is 1. The van der Waals surface area contributed by atoms with E-state index >= 15 is 0 Å². The molecule has 4 heterocycles. The molecule has 3 fully saturated rings. The van der Waals surface area contributed by atoms with E-state index in [2.05, 4.69) is 41.3 Å². The van der Waals surface area contributed by atoms with Gasteiger partial charge in [-0.25, -0.2) is 14.4 Å². The fraction of sp³-hybridized carbons (Fsp3) is 0.400. The lowest BCUT2D eigenvalue weighted by atomic mass is 9.86.